The molecule has 0 spiro atoms. The van der Waals surface area contributed by atoms with Gasteiger partial charge in [0.1, 0.15) is 0 Å². The third-order valence-electron chi connectivity index (χ3n) is 2.15. The number of carbonyl (C=O) groups excluding carboxylic acids is 1. The van der Waals surface area contributed by atoms with Gasteiger partial charge in [0, 0.05) is 16.0 Å². The Kier molecular flexibility index (Phi) is 4.51. The van der Waals surface area contributed by atoms with Gasteiger partial charge in [0.25, 0.3) is 0 Å². The van der Waals surface area contributed by atoms with Crippen molar-refractivity contribution in [2.24, 2.45) is 16.8 Å². The molecule has 1 aromatic rings. The van der Waals surface area contributed by atoms with Crippen LogP contribution < -0.4 is 11.1 Å². The minimum absolute atomic E-state index is 0.0506. The fraction of sp³-hybridized carbons (Fsp3) is 0.273. The van der Waals surface area contributed by atoms with Gasteiger partial charge >= 0.3 is 0 Å². The zero-order chi connectivity index (χ0) is 13.0. The smallest absolute Gasteiger partial charge is 0.226 e. The number of anilines is 1. The fourth-order valence-electron chi connectivity index (χ4n) is 1.17. The van der Waals surface area contributed by atoms with Gasteiger partial charge in [-0.05, 0) is 18.2 Å². The molecule has 0 radical (unpaired) electrons. The highest BCUT2D eigenvalue weighted by Gasteiger charge is 2.12. The van der Waals surface area contributed by atoms with Crippen LogP contribution in [0.3, 0.4) is 0 Å². The van der Waals surface area contributed by atoms with E-state index in [1.54, 1.807) is 32.0 Å². The van der Waals surface area contributed by atoms with E-state index < -0.39 is 0 Å². The summed E-state index contributed by atoms with van der Waals surface area (Å²) in [4.78, 5) is 11.6. The molecule has 92 valence electrons. The average molecular weight is 300 g/mol. The van der Waals surface area contributed by atoms with E-state index in [2.05, 4.69) is 26.4 Å². The lowest BCUT2D eigenvalue weighted by molar-refractivity contribution is -0.118. The molecule has 5 nitrogen and oxygen atoms in total. The molecule has 0 fully saturated rings. The topological polar surface area (TPSA) is 87.7 Å². The van der Waals surface area contributed by atoms with Gasteiger partial charge in [-0.1, -0.05) is 34.9 Å². The Balaban J connectivity index is 3.11. The molecular weight excluding hydrogens is 286 g/mol. The third-order valence-corrected chi connectivity index (χ3v) is 2.64. The first-order valence-electron chi connectivity index (χ1n) is 5.04. The van der Waals surface area contributed by atoms with E-state index in [9.17, 15) is 4.79 Å². The maximum Gasteiger partial charge on any atom is 0.226 e. The third kappa shape index (κ3) is 3.45. The van der Waals surface area contributed by atoms with Crippen LogP contribution >= 0.6 is 15.9 Å². The predicted molar refractivity (Wildman–Crippen MR) is 70.1 cm³/mol. The number of oxime groups is 1. The lowest BCUT2D eigenvalue weighted by atomic mass is 10.1. The minimum atomic E-state index is -0.140. The molecule has 0 atom stereocenters. The number of amidine groups is 1. The first-order valence-corrected chi connectivity index (χ1v) is 5.83. The van der Waals surface area contributed by atoms with E-state index in [1.807, 2.05) is 0 Å². The van der Waals surface area contributed by atoms with Gasteiger partial charge in [0.2, 0.25) is 5.91 Å². The molecule has 0 saturated heterocycles. The molecule has 1 aromatic carbocycles. The first-order chi connectivity index (χ1) is 7.95. The van der Waals surface area contributed by atoms with Gasteiger partial charge in [-0.2, -0.15) is 0 Å². The van der Waals surface area contributed by atoms with Crippen molar-refractivity contribution in [1.29, 1.82) is 0 Å². The van der Waals surface area contributed by atoms with E-state index in [0.29, 0.717) is 11.3 Å². The normalized spacial score (nSPS) is 11.6. The van der Waals surface area contributed by atoms with Crippen molar-refractivity contribution in [3.8, 4) is 0 Å². The molecule has 1 rings (SSSR count). The summed E-state index contributed by atoms with van der Waals surface area (Å²) in [6.07, 6.45) is 0. The second-order valence-electron chi connectivity index (χ2n) is 3.82. The standard InChI is InChI=1S/C11H14BrN3O2/c1-6(2)11(16)14-9-4-3-7(12)5-8(9)10(13)15-17/h3-6,17H,1-2H3,(H2,13,15)(H,14,16). The van der Waals surface area contributed by atoms with Gasteiger partial charge in [-0.3, -0.25) is 4.79 Å². The molecule has 0 heterocycles. The van der Waals surface area contributed by atoms with Crippen molar-refractivity contribution in [3.63, 3.8) is 0 Å². The summed E-state index contributed by atoms with van der Waals surface area (Å²) in [5.74, 6) is -0.316. The molecule has 4 N–H and O–H groups in total. The SMILES string of the molecule is CC(C)C(=O)Nc1ccc(Br)cc1/C(N)=N/O. The van der Waals surface area contributed by atoms with Gasteiger partial charge in [0.05, 0.1) is 5.69 Å². The van der Waals surface area contributed by atoms with Crippen LogP contribution in [-0.2, 0) is 4.79 Å². The Morgan fingerprint density at radius 1 is 1.53 bits per heavy atom. The van der Waals surface area contributed by atoms with Crippen molar-refractivity contribution in [3.05, 3.63) is 28.2 Å². The van der Waals surface area contributed by atoms with Crippen molar-refractivity contribution in [1.82, 2.24) is 0 Å². The van der Waals surface area contributed by atoms with Crippen LogP contribution in [0.1, 0.15) is 19.4 Å². The van der Waals surface area contributed by atoms with Crippen LogP contribution in [0.15, 0.2) is 27.8 Å². The highest BCUT2D eigenvalue weighted by atomic mass is 79.9. The highest BCUT2D eigenvalue weighted by molar-refractivity contribution is 9.10. The van der Waals surface area contributed by atoms with Crippen molar-refractivity contribution in [2.75, 3.05) is 5.32 Å². The largest absolute Gasteiger partial charge is 0.409 e. The van der Waals surface area contributed by atoms with E-state index in [4.69, 9.17) is 10.9 Å². The summed E-state index contributed by atoms with van der Waals surface area (Å²) >= 11 is 3.28. The van der Waals surface area contributed by atoms with Crippen molar-refractivity contribution in [2.45, 2.75) is 13.8 Å². The maximum absolute atomic E-state index is 11.6. The number of rotatable bonds is 3. The lowest BCUT2D eigenvalue weighted by Crippen LogP contribution is -2.22. The molecule has 0 aromatic heterocycles. The molecule has 0 saturated carbocycles. The molecule has 1 amide bonds. The maximum atomic E-state index is 11.6. The fourth-order valence-corrected chi connectivity index (χ4v) is 1.53. The molecule has 0 bridgehead atoms. The molecular formula is C11H14BrN3O2. The Bertz CT molecular complexity index is 458. The van der Waals surface area contributed by atoms with Gasteiger partial charge in [-0.15, -0.1) is 0 Å². The second-order valence-corrected chi connectivity index (χ2v) is 4.73. The number of benzene rings is 1. The Labute approximate surface area is 108 Å². The summed E-state index contributed by atoms with van der Waals surface area (Å²) in [7, 11) is 0. The number of hydrogen-bond donors (Lipinski definition) is 3. The number of amides is 1. The number of carbonyl (C=O) groups is 1. The molecule has 17 heavy (non-hydrogen) atoms. The van der Waals surface area contributed by atoms with Gasteiger partial charge in [0.15, 0.2) is 5.84 Å². The van der Waals surface area contributed by atoms with Crippen molar-refractivity contribution < 1.29 is 10.0 Å². The van der Waals surface area contributed by atoms with E-state index >= 15 is 0 Å². The van der Waals surface area contributed by atoms with Crippen LogP contribution in [0.5, 0.6) is 0 Å². The second kappa shape index (κ2) is 5.67. The van der Waals surface area contributed by atoms with E-state index in [0.717, 1.165) is 4.47 Å². The monoisotopic (exact) mass is 299 g/mol. The van der Waals surface area contributed by atoms with Crippen LogP contribution in [0.2, 0.25) is 0 Å². The zero-order valence-electron chi connectivity index (χ0n) is 9.57. The number of hydrogen-bond acceptors (Lipinski definition) is 3. The number of nitrogens with two attached hydrogens (primary N) is 1. The number of halogens is 1. The number of nitrogens with zero attached hydrogens (tertiary/aromatic N) is 1. The van der Waals surface area contributed by atoms with Gasteiger partial charge in [-0.25, -0.2) is 0 Å². The molecule has 0 unspecified atom stereocenters. The Morgan fingerprint density at radius 2 is 2.18 bits per heavy atom. The summed E-state index contributed by atoms with van der Waals surface area (Å²) < 4.78 is 0.779. The lowest BCUT2D eigenvalue weighted by Gasteiger charge is -2.12. The van der Waals surface area contributed by atoms with Crippen LogP contribution in [0, 0.1) is 5.92 Å². The quantitative estimate of drug-likeness (QED) is 0.346. The van der Waals surface area contributed by atoms with E-state index in [-0.39, 0.29) is 17.7 Å². The minimum Gasteiger partial charge on any atom is -0.409 e. The van der Waals surface area contributed by atoms with E-state index in [1.165, 1.54) is 0 Å². The Morgan fingerprint density at radius 3 is 2.71 bits per heavy atom. The average Bonchev–Trinajstić information content (AvgIpc) is 2.30. The first kappa shape index (κ1) is 13.5. The summed E-state index contributed by atoms with van der Waals surface area (Å²) in [6.45, 7) is 3.58. The van der Waals surface area contributed by atoms with Crippen LogP contribution in [0.25, 0.3) is 0 Å². The summed E-state index contributed by atoms with van der Waals surface area (Å²) in [5.41, 5.74) is 6.53. The number of nitrogens with one attached hydrogen (secondary N) is 1. The van der Waals surface area contributed by atoms with Crippen molar-refractivity contribution >= 4 is 33.4 Å². The van der Waals surface area contributed by atoms with Crippen LogP contribution in [-0.4, -0.2) is 17.0 Å². The summed E-state index contributed by atoms with van der Waals surface area (Å²) in [5, 5.41) is 14.3. The zero-order valence-corrected chi connectivity index (χ0v) is 11.2. The molecule has 6 heteroatoms. The van der Waals surface area contributed by atoms with Gasteiger partial charge < -0.3 is 16.3 Å². The summed E-state index contributed by atoms with van der Waals surface area (Å²) in [6, 6.07) is 5.13. The molecule has 0 aliphatic heterocycles. The molecule has 0 aliphatic rings. The van der Waals surface area contributed by atoms with Crippen LogP contribution in [0.4, 0.5) is 5.69 Å². The highest BCUT2D eigenvalue weighted by Crippen LogP contribution is 2.21. The Hall–Kier alpha value is -1.56. The predicted octanol–water partition coefficient (Wildman–Crippen LogP) is 2.14. The molecule has 0 aliphatic carbocycles.